The van der Waals surface area contributed by atoms with Crippen LogP contribution >= 0.6 is 0 Å². The summed E-state index contributed by atoms with van der Waals surface area (Å²) in [4.78, 5) is 0. The summed E-state index contributed by atoms with van der Waals surface area (Å²) in [6.07, 6.45) is 0. The third-order valence-electron chi connectivity index (χ3n) is 2.43. The first-order chi connectivity index (χ1) is 7.02. The second-order valence-corrected chi connectivity index (χ2v) is 4.85. The lowest BCUT2D eigenvalue weighted by Crippen LogP contribution is -2.07. The van der Waals surface area contributed by atoms with Gasteiger partial charge in [0.15, 0.2) is 0 Å². The topological polar surface area (TPSA) is 9.23 Å². The molecular formula is C14H22O. The van der Waals surface area contributed by atoms with Gasteiger partial charge in [-0.2, -0.15) is 0 Å². The van der Waals surface area contributed by atoms with Gasteiger partial charge in [0.2, 0.25) is 0 Å². The molecule has 0 fully saturated rings. The van der Waals surface area contributed by atoms with Crippen LogP contribution in [0.5, 0.6) is 5.75 Å². The van der Waals surface area contributed by atoms with Gasteiger partial charge in [-0.25, -0.2) is 0 Å². The molecule has 1 aromatic rings. The van der Waals surface area contributed by atoms with Gasteiger partial charge in [0.1, 0.15) is 5.75 Å². The van der Waals surface area contributed by atoms with Crippen molar-refractivity contribution in [2.24, 2.45) is 5.92 Å². The Labute approximate surface area is 93.5 Å². The van der Waals surface area contributed by atoms with Crippen molar-refractivity contribution >= 4 is 0 Å². The Morgan fingerprint density at radius 1 is 1.13 bits per heavy atom. The van der Waals surface area contributed by atoms with Crippen LogP contribution in [0.4, 0.5) is 0 Å². The van der Waals surface area contributed by atoms with Crippen molar-refractivity contribution in [1.29, 1.82) is 0 Å². The summed E-state index contributed by atoms with van der Waals surface area (Å²) >= 11 is 0. The van der Waals surface area contributed by atoms with Gasteiger partial charge in [-0.1, -0.05) is 39.8 Å². The molecule has 0 aliphatic heterocycles. The molecule has 0 atom stereocenters. The molecule has 0 aliphatic rings. The SMILES string of the molecule is Cc1cccc(OCC(C)C)c1C(C)C. The van der Waals surface area contributed by atoms with E-state index in [2.05, 4.69) is 52.8 Å². The van der Waals surface area contributed by atoms with E-state index >= 15 is 0 Å². The van der Waals surface area contributed by atoms with E-state index in [0.717, 1.165) is 12.4 Å². The molecule has 1 aromatic carbocycles. The molecule has 0 aromatic heterocycles. The van der Waals surface area contributed by atoms with Gasteiger partial charge in [-0.05, 0) is 36.0 Å². The Hall–Kier alpha value is -0.980. The van der Waals surface area contributed by atoms with Crippen LogP contribution in [0.15, 0.2) is 18.2 Å². The van der Waals surface area contributed by atoms with Crippen LogP contribution in [0.2, 0.25) is 0 Å². The molecule has 0 saturated carbocycles. The lowest BCUT2D eigenvalue weighted by molar-refractivity contribution is 0.267. The van der Waals surface area contributed by atoms with Crippen molar-refractivity contribution in [2.75, 3.05) is 6.61 Å². The van der Waals surface area contributed by atoms with E-state index in [1.54, 1.807) is 0 Å². The molecule has 0 bridgehead atoms. The van der Waals surface area contributed by atoms with Crippen LogP contribution < -0.4 is 4.74 Å². The average Bonchev–Trinajstić information content (AvgIpc) is 2.13. The molecule has 15 heavy (non-hydrogen) atoms. The number of ether oxygens (including phenoxy) is 1. The smallest absolute Gasteiger partial charge is 0.123 e. The Morgan fingerprint density at radius 3 is 2.33 bits per heavy atom. The summed E-state index contributed by atoms with van der Waals surface area (Å²) in [6, 6.07) is 6.29. The minimum atomic E-state index is 0.522. The van der Waals surface area contributed by atoms with Crippen molar-refractivity contribution < 1.29 is 4.74 Å². The molecule has 0 amide bonds. The average molecular weight is 206 g/mol. The van der Waals surface area contributed by atoms with Gasteiger partial charge >= 0.3 is 0 Å². The first-order valence-electron chi connectivity index (χ1n) is 5.74. The highest BCUT2D eigenvalue weighted by Gasteiger charge is 2.10. The Morgan fingerprint density at radius 2 is 1.80 bits per heavy atom. The highest BCUT2D eigenvalue weighted by atomic mass is 16.5. The number of benzene rings is 1. The summed E-state index contributed by atoms with van der Waals surface area (Å²) in [5.74, 6) is 2.15. The monoisotopic (exact) mass is 206 g/mol. The number of aryl methyl sites for hydroxylation is 1. The zero-order chi connectivity index (χ0) is 11.4. The molecule has 0 spiro atoms. The van der Waals surface area contributed by atoms with Crippen molar-refractivity contribution in [3.05, 3.63) is 29.3 Å². The first kappa shape index (κ1) is 12.1. The van der Waals surface area contributed by atoms with Gasteiger partial charge in [-0.15, -0.1) is 0 Å². The largest absolute Gasteiger partial charge is 0.493 e. The molecule has 1 heteroatoms. The molecular weight excluding hydrogens is 184 g/mol. The first-order valence-corrected chi connectivity index (χ1v) is 5.74. The summed E-state index contributed by atoms with van der Waals surface area (Å²) in [7, 11) is 0. The van der Waals surface area contributed by atoms with Gasteiger partial charge < -0.3 is 4.74 Å². The van der Waals surface area contributed by atoms with E-state index in [0.29, 0.717) is 11.8 Å². The van der Waals surface area contributed by atoms with E-state index in [9.17, 15) is 0 Å². The van der Waals surface area contributed by atoms with E-state index in [1.165, 1.54) is 11.1 Å². The summed E-state index contributed by atoms with van der Waals surface area (Å²) in [6.45, 7) is 11.7. The fraction of sp³-hybridized carbons (Fsp3) is 0.571. The zero-order valence-corrected chi connectivity index (χ0v) is 10.5. The Kier molecular flexibility index (Phi) is 4.19. The molecule has 0 heterocycles. The normalized spacial score (nSPS) is 11.1. The summed E-state index contributed by atoms with van der Waals surface area (Å²) in [5.41, 5.74) is 2.67. The molecule has 0 unspecified atom stereocenters. The van der Waals surface area contributed by atoms with Crippen molar-refractivity contribution in [3.63, 3.8) is 0 Å². The molecule has 0 radical (unpaired) electrons. The van der Waals surface area contributed by atoms with Crippen LogP contribution in [0.1, 0.15) is 44.7 Å². The summed E-state index contributed by atoms with van der Waals surface area (Å²) < 4.78 is 5.84. The highest BCUT2D eigenvalue weighted by Crippen LogP contribution is 2.29. The minimum Gasteiger partial charge on any atom is -0.493 e. The number of hydrogen-bond acceptors (Lipinski definition) is 1. The predicted octanol–water partition coefficient (Wildman–Crippen LogP) is 4.15. The van der Waals surface area contributed by atoms with Crippen LogP contribution in [-0.4, -0.2) is 6.61 Å². The van der Waals surface area contributed by atoms with E-state index in [-0.39, 0.29) is 0 Å². The fourth-order valence-electron chi connectivity index (χ4n) is 1.78. The van der Waals surface area contributed by atoms with E-state index in [4.69, 9.17) is 4.74 Å². The molecule has 0 aliphatic carbocycles. The lowest BCUT2D eigenvalue weighted by atomic mass is 9.97. The molecule has 0 N–H and O–H groups in total. The predicted molar refractivity (Wildman–Crippen MR) is 65.6 cm³/mol. The molecule has 84 valence electrons. The number of hydrogen-bond donors (Lipinski definition) is 0. The van der Waals surface area contributed by atoms with Gasteiger partial charge in [0.05, 0.1) is 6.61 Å². The van der Waals surface area contributed by atoms with E-state index in [1.807, 2.05) is 0 Å². The number of rotatable bonds is 4. The molecule has 1 nitrogen and oxygen atoms in total. The molecule has 0 saturated heterocycles. The van der Waals surface area contributed by atoms with Gasteiger partial charge in [0.25, 0.3) is 0 Å². The van der Waals surface area contributed by atoms with Crippen molar-refractivity contribution in [3.8, 4) is 5.75 Å². The maximum absolute atomic E-state index is 5.84. The van der Waals surface area contributed by atoms with Crippen LogP contribution in [-0.2, 0) is 0 Å². The Balaban J connectivity index is 2.91. The maximum atomic E-state index is 5.84. The van der Waals surface area contributed by atoms with Crippen LogP contribution in [0.3, 0.4) is 0 Å². The van der Waals surface area contributed by atoms with Crippen molar-refractivity contribution in [2.45, 2.75) is 40.5 Å². The van der Waals surface area contributed by atoms with Crippen molar-refractivity contribution in [1.82, 2.24) is 0 Å². The lowest BCUT2D eigenvalue weighted by Gasteiger charge is -2.17. The summed E-state index contributed by atoms with van der Waals surface area (Å²) in [5, 5.41) is 0. The van der Waals surface area contributed by atoms with Crippen LogP contribution in [0.25, 0.3) is 0 Å². The Bertz CT molecular complexity index is 313. The van der Waals surface area contributed by atoms with Gasteiger partial charge in [-0.3, -0.25) is 0 Å². The second kappa shape index (κ2) is 5.20. The highest BCUT2D eigenvalue weighted by molar-refractivity contribution is 5.41. The van der Waals surface area contributed by atoms with E-state index < -0.39 is 0 Å². The second-order valence-electron chi connectivity index (χ2n) is 4.85. The van der Waals surface area contributed by atoms with Crippen LogP contribution in [0, 0.1) is 12.8 Å². The van der Waals surface area contributed by atoms with Gasteiger partial charge in [0, 0.05) is 0 Å². The quantitative estimate of drug-likeness (QED) is 0.719. The molecule has 1 rings (SSSR count). The standard InChI is InChI=1S/C14H22O/c1-10(2)9-15-13-8-6-7-12(5)14(13)11(3)4/h6-8,10-11H,9H2,1-5H3. The third kappa shape index (κ3) is 3.26. The fourth-order valence-corrected chi connectivity index (χ4v) is 1.78. The third-order valence-corrected chi connectivity index (χ3v) is 2.43. The zero-order valence-electron chi connectivity index (χ0n) is 10.5. The maximum Gasteiger partial charge on any atom is 0.123 e. The minimum absolute atomic E-state index is 0.522.